The summed E-state index contributed by atoms with van der Waals surface area (Å²) in [6.45, 7) is 9.04. The minimum atomic E-state index is 0. The van der Waals surface area contributed by atoms with Crippen LogP contribution < -0.4 is 10.1 Å². The molecule has 0 spiro atoms. The van der Waals surface area contributed by atoms with E-state index in [2.05, 4.69) is 33.7 Å². The Hall–Kier alpha value is -1.31. The number of halogens is 1. The first-order chi connectivity index (χ1) is 9.83. The number of guanidine groups is 1. The molecule has 1 aliphatic rings. The average molecular weight is 402 g/mol. The highest BCUT2D eigenvalue weighted by molar-refractivity contribution is 14.0. The van der Waals surface area contributed by atoms with Gasteiger partial charge in [-0.3, -0.25) is 0 Å². The summed E-state index contributed by atoms with van der Waals surface area (Å²) in [6, 6.07) is 5.71. The van der Waals surface area contributed by atoms with Gasteiger partial charge in [0.15, 0.2) is 5.96 Å². The van der Waals surface area contributed by atoms with Gasteiger partial charge in [0, 0.05) is 31.8 Å². The number of aromatic nitrogens is 1. The summed E-state index contributed by atoms with van der Waals surface area (Å²) in [5, 5.41) is 3.30. The molecule has 21 heavy (non-hydrogen) atoms. The summed E-state index contributed by atoms with van der Waals surface area (Å²) in [7, 11) is 0. The maximum atomic E-state index is 5.88. The minimum Gasteiger partial charge on any atom is -0.472 e. The average Bonchev–Trinajstić information content (AvgIpc) is 2.93. The van der Waals surface area contributed by atoms with Crippen LogP contribution in [0.5, 0.6) is 5.88 Å². The molecule has 1 aliphatic heterocycles. The van der Waals surface area contributed by atoms with Crippen molar-refractivity contribution in [2.45, 2.75) is 19.4 Å². The first-order valence-electron chi connectivity index (χ1n) is 7.05. The molecule has 0 aromatic carbocycles. The van der Waals surface area contributed by atoms with Gasteiger partial charge in [0.1, 0.15) is 6.10 Å². The molecular formula is C15H23IN4O. The number of hydrogen-bond acceptors (Lipinski definition) is 3. The van der Waals surface area contributed by atoms with E-state index in [4.69, 9.17) is 4.74 Å². The van der Waals surface area contributed by atoms with Crippen LogP contribution in [-0.2, 0) is 0 Å². The van der Waals surface area contributed by atoms with Gasteiger partial charge in [-0.05, 0) is 13.0 Å². The second kappa shape index (κ2) is 9.59. The Kier molecular flexibility index (Phi) is 8.11. The second-order valence-electron chi connectivity index (χ2n) is 4.63. The summed E-state index contributed by atoms with van der Waals surface area (Å²) >= 11 is 0. The van der Waals surface area contributed by atoms with Crippen molar-refractivity contribution in [2.75, 3.05) is 26.2 Å². The lowest BCUT2D eigenvalue weighted by Crippen LogP contribution is -2.41. The van der Waals surface area contributed by atoms with Gasteiger partial charge < -0.3 is 15.0 Å². The fraction of sp³-hybridized carbons (Fsp3) is 0.467. The topological polar surface area (TPSA) is 49.8 Å². The van der Waals surface area contributed by atoms with Crippen molar-refractivity contribution >= 4 is 29.9 Å². The monoisotopic (exact) mass is 402 g/mol. The zero-order chi connectivity index (χ0) is 14.2. The Morgan fingerprint density at radius 3 is 3.14 bits per heavy atom. The Morgan fingerprint density at radius 1 is 1.62 bits per heavy atom. The zero-order valence-corrected chi connectivity index (χ0v) is 14.7. The van der Waals surface area contributed by atoms with Crippen LogP contribution in [0.2, 0.25) is 0 Å². The molecule has 116 valence electrons. The van der Waals surface area contributed by atoms with Crippen molar-refractivity contribution in [1.29, 1.82) is 0 Å². The van der Waals surface area contributed by atoms with E-state index >= 15 is 0 Å². The summed E-state index contributed by atoms with van der Waals surface area (Å²) in [5.41, 5.74) is 0. The Balaban J connectivity index is 0.00000220. The van der Waals surface area contributed by atoms with E-state index in [-0.39, 0.29) is 30.1 Å². The third kappa shape index (κ3) is 5.53. The van der Waals surface area contributed by atoms with Crippen LogP contribution in [0, 0.1) is 0 Å². The van der Waals surface area contributed by atoms with Crippen LogP contribution in [-0.4, -0.2) is 48.1 Å². The predicted octanol–water partition coefficient (Wildman–Crippen LogP) is 2.30. The van der Waals surface area contributed by atoms with Gasteiger partial charge >= 0.3 is 0 Å². The SMILES string of the molecule is C=CCN=C(NCC)N1CCC(Oc2ccccn2)C1.I. The zero-order valence-electron chi connectivity index (χ0n) is 12.4. The Labute approximate surface area is 143 Å². The molecule has 1 unspecified atom stereocenters. The maximum absolute atomic E-state index is 5.88. The van der Waals surface area contributed by atoms with Crippen LogP contribution >= 0.6 is 24.0 Å². The van der Waals surface area contributed by atoms with Crippen LogP contribution in [0.15, 0.2) is 42.0 Å². The quantitative estimate of drug-likeness (QED) is 0.356. The molecule has 1 fully saturated rings. The Morgan fingerprint density at radius 2 is 2.48 bits per heavy atom. The highest BCUT2D eigenvalue weighted by Gasteiger charge is 2.26. The van der Waals surface area contributed by atoms with E-state index in [0.29, 0.717) is 12.4 Å². The molecular weight excluding hydrogens is 379 g/mol. The van der Waals surface area contributed by atoms with Crippen LogP contribution in [0.3, 0.4) is 0 Å². The van der Waals surface area contributed by atoms with E-state index in [1.54, 1.807) is 12.3 Å². The smallest absolute Gasteiger partial charge is 0.213 e. The van der Waals surface area contributed by atoms with Crippen LogP contribution in [0.1, 0.15) is 13.3 Å². The van der Waals surface area contributed by atoms with Crippen molar-refractivity contribution in [3.05, 3.63) is 37.1 Å². The molecule has 5 nitrogen and oxygen atoms in total. The van der Waals surface area contributed by atoms with Crippen molar-refractivity contribution in [3.8, 4) is 5.88 Å². The van der Waals surface area contributed by atoms with E-state index in [9.17, 15) is 0 Å². The van der Waals surface area contributed by atoms with E-state index in [0.717, 1.165) is 32.0 Å². The molecule has 0 amide bonds. The highest BCUT2D eigenvalue weighted by Crippen LogP contribution is 2.16. The highest BCUT2D eigenvalue weighted by atomic mass is 127. The normalized spacial score (nSPS) is 18.0. The predicted molar refractivity (Wildman–Crippen MR) is 96.4 cm³/mol. The van der Waals surface area contributed by atoms with E-state index in [1.165, 1.54) is 0 Å². The van der Waals surface area contributed by atoms with Crippen molar-refractivity contribution in [1.82, 2.24) is 15.2 Å². The lowest BCUT2D eigenvalue weighted by atomic mass is 10.3. The number of ether oxygens (including phenoxy) is 1. The maximum Gasteiger partial charge on any atom is 0.213 e. The molecule has 6 heteroatoms. The molecule has 2 rings (SSSR count). The fourth-order valence-electron chi connectivity index (χ4n) is 2.18. The lowest BCUT2D eigenvalue weighted by Gasteiger charge is -2.21. The largest absolute Gasteiger partial charge is 0.472 e. The molecule has 1 aromatic rings. The number of aliphatic imine (C=N–C) groups is 1. The van der Waals surface area contributed by atoms with Crippen LogP contribution in [0.4, 0.5) is 0 Å². The molecule has 0 radical (unpaired) electrons. The molecule has 1 saturated heterocycles. The third-order valence-corrected chi connectivity index (χ3v) is 3.07. The number of likely N-dealkylation sites (tertiary alicyclic amines) is 1. The van der Waals surface area contributed by atoms with Gasteiger partial charge in [0.2, 0.25) is 5.88 Å². The summed E-state index contributed by atoms with van der Waals surface area (Å²) in [6.07, 6.45) is 4.69. The standard InChI is InChI=1S/C15H22N4O.HI/c1-3-9-18-15(16-4-2)19-11-8-13(12-19)20-14-7-5-6-10-17-14;/h3,5-7,10,13H,1,4,8-9,11-12H2,2H3,(H,16,18);1H. The van der Waals surface area contributed by atoms with Crippen molar-refractivity contribution in [3.63, 3.8) is 0 Å². The van der Waals surface area contributed by atoms with E-state index < -0.39 is 0 Å². The number of hydrogen-bond donors (Lipinski definition) is 1. The van der Waals surface area contributed by atoms with Gasteiger partial charge in [0.25, 0.3) is 0 Å². The van der Waals surface area contributed by atoms with Gasteiger partial charge in [0.05, 0.1) is 13.1 Å². The number of rotatable bonds is 5. The lowest BCUT2D eigenvalue weighted by molar-refractivity contribution is 0.205. The minimum absolute atomic E-state index is 0. The van der Waals surface area contributed by atoms with Crippen LogP contribution in [0.25, 0.3) is 0 Å². The van der Waals surface area contributed by atoms with Gasteiger partial charge in [-0.15, -0.1) is 30.6 Å². The summed E-state index contributed by atoms with van der Waals surface area (Å²) < 4.78 is 5.88. The summed E-state index contributed by atoms with van der Waals surface area (Å²) in [4.78, 5) is 10.9. The molecule has 1 atom stereocenters. The fourth-order valence-corrected chi connectivity index (χ4v) is 2.18. The first-order valence-corrected chi connectivity index (χ1v) is 7.05. The van der Waals surface area contributed by atoms with E-state index in [1.807, 2.05) is 18.2 Å². The first kappa shape index (κ1) is 17.7. The molecule has 1 N–H and O–H groups in total. The molecule has 0 aliphatic carbocycles. The number of nitrogens with one attached hydrogen (secondary N) is 1. The van der Waals surface area contributed by atoms with Crippen molar-refractivity contribution < 1.29 is 4.74 Å². The molecule has 2 heterocycles. The molecule has 0 bridgehead atoms. The molecule has 0 saturated carbocycles. The second-order valence-corrected chi connectivity index (χ2v) is 4.63. The van der Waals surface area contributed by atoms with Gasteiger partial charge in [-0.2, -0.15) is 0 Å². The third-order valence-electron chi connectivity index (χ3n) is 3.07. The number of nitrogens with zero attached hydrogens (tertiary/aromatic N) is 3. The van der Waals surface area contributed by atoms with Gasteiger partial charge in [-0.25, -0.2) is 9.98 Å². The molecule has 1 aromatic heterocycles. The summed E-state index contributed by atoms with van der Waals surface area (Å²) in [5.74, 6) is 1.62. The van der Waals surface area contributed by atoms with Gasteiger partial charge in [-0.1, -0.05) is 12.1 Å². The Bertz CT molecular complexity index is 452. The number of pyridine rings is 1. The van der Waals surface area contributed by atoms with Crippen molar-refractivity contribution in [2.24, 2.45) is 4.99 Å².